The molecule has 0 heterocycles. The van der Waals surface area contributed by atoms with Crippen molar-refractivity contribution in [2.24, 2.45) is 0 Å². The number of halogens is 1. The van der Waals surface area contributed by atoms with E-state index in [0.717, 1.165) is 17.8 Å². The molecular weight excluding hydrogens is 284 g/mol. The molecule has 4 heteroatoms. The van der Waals surface area contributed by atoms with Gasteiger partial charge in [-0.3, -0.25) is 4.79 Å². The monoisotopic (exact) mass is 302 g/mol. The Bertz CT molecular complexity index is 610. The van der Waals surface area contributed by atoms with E-state index >= 15 is 0 Å². The maximum Gasteiger partial charge on any atom is 0.253 e. The van der Waals surface area contributed by atoms with Crippen molar-refractivity contribution in [2.75, 3.05) is 11.9 Å². The van der Waals surface area contributed by atoms with Crippen molar-refractivity contribution in [1.82, 2.24) is 5.32 Å². The largest absolute Gasteiger partial charge is 0.385 e. The Morgan fingerprint density at radius 3 is 2.48 bits per heavy atom. The number of rotatable bonds is 5. The summed E-state index contributed by atoms with van der Waals surface area (Å²) in [6, 6.07) is 14.9. The summed E-state index contributed by atoms with van der Waals surface area (Å²) in [6.07, 6.45) is 0. The van der Waals surface area contributed by atoms with Crippen LogP contribution in [0.25, 0.3) is 0 Å². The molecule has 2 aromatic rings. The van der Waals surface area contributed by atoms with Gasteiger partial charge in [-0.1, -0.05) is 35.9 Å². The molecule has 0 aromatic heterocycles. The molecule has 0 aliphatic heterocycles. The van der Waals surface area contributed by atoms with Crippen molar-refractivity contribution in [3.05, 3.63) is 64.7 Å². The molecule has 0 radical (unpaired) electrons. The standard InChI is InChI=1S/C17H19ClN2O/c1-3-19-16-7-5-4-6-15(16)17(21)20-12(2)13-8-10-14(18)11-9-13/h4-12,19H,3H2,1-2H3,(H,20,21)/t12-/m1/s1. The third kappa shape index (κ3) is 3.99. The van der Waals surface area contributed by atoms with Gasteiger partial charge in [0.1, 0.15) is 0 Å². The minimum Gasteiger partial charge on any atom is -0.385 e. The first-order valence-electron chi connectivity index (χ1n) is 7.01. The summed E-state index contributed by atoms with van der Waals surface area (Å²) >= 11 is 5.88. The van der Waals surface area contributed by atoms with E-state index in [1.165, 1.54) is 0 Å². The summed E-state index contributed by atoms with van der Waals surface area (Å²) in [7, 11) is 0. The molecule has 2 aromatic carbocycles. The van der Waals surface area contributed by atoms with Gasteiger partial charge in [-0.2, -0.15) is 0 Å². The Hall–Kier alpha value is -2.00. The summed E-state index contributed by atoms with van der Waals surface area (Å²) in [5.74, 6) is -0.0889. The summed E-state index contributed by atoms with van der Waals surface area (Å²) in [5.41, 5.74) is 2.52. The summed E-state index contributed by atoms with van der Waals surface area (Å²) in [4.78, 5) is 12.4. The van der Waals surface area contributed by atoms with Gasteiger partial charge >= 0.3 is 0 Å². The lowest BCUT2D eigenvalue weighted by molar-refractivity contribution is 0.0940. The second-order valence-electron chi connectivity index (χ2n) is 4.82. The van der Waals surface area contributed by atoms with E-state index in [9.17, 15) is 4.79 Å². The van der Waals surface area contributed by atoms with E-state index in [1.807, 2.05) is 62.4 Å². The van der Waals surface area contributed by atoms with Crippen LogP contribution in [0.1, 0.15) is 35.8 Å². The second-order valence-corrected chi connectivity index (χ2v) is 5.26. The lowest BCUT2D eigenvalue weighted by Crippen LogP contribution is -2.27. The predicted octanol–water partition coefficient (Wildman–Crippen LogP) is 4.26. The minimum atomic E-state index is -0.0889. The first-order chi connectivity index (χ1) is 10.1. The topological polar surface area (TPSA) is 41.1 Å². The van der Waals surface area contributed by atoms with E-state index in [-0.39, 0.29) is 11.9 Å². The third-order valence-corrected chi connectivity index (χ3v) is 3.51. The van der Waals surface area contributed by atoms with Gasteiger partial charge in [-0.05, 0) is 43.7 Å². The lowest BCUT2D eigenvalue weighted by atomic mass is 10.1. The zero-order chi connectivity index (χ0) is 15.2. The summed E-state index contributed by atoms with van der Waals surface area (Å²) < 4.78 is 0. The van der Waals surface area contributed by atoms with Gasteiger partial charge in [-0.15, -0.1) is 0 Å². The highest BCUT2D eigenvalue weighted by atomic mass is 35.5. The normalized spacial score (nSPS) is 11.8. The van der Waals surface area contributed by atoms with Gasteiger partial charge in [0.15, 0.2) is 0 Å². The molecule has 0 fully saturated rings. The van der Waals surface area contributed by atoms with E-state index in [1.54, 1.807) is 0 Å². The summed E-state index contributed by atoms with van der Waals surface area (Å²) in [6.45, 7) is 4.74. The maximum atomic E-state index is 12.4. The SMILES string of the molecule is CCNc1ccccc1C(=O)N[C@H](C)c1ccc(Cl)cc1. The number of benzene rings is 2. The first kappa shape index (κ1) is 15.4. The number of carbonyl (C=O) groups is 1. The molecule has 21 heavy (non-hydrogen) atoms. The number of nitrogens with one attached hydrogen (secondary N) is 2. The number of hydrogen-bond acceptors (Lipinski definition) is 2. The molecule has 1 amide bonds. The zero-order valence-electron chi connectivity index (χ0n) is 12.2. The van der Waals surface area contributed by atoms with Crippen LogP contribution < -0.4 is 10.6 Å². The molecule has 1 atom stereocenters. The molecular formula is C17H19ClN2O. The van der Waals surface area contributed by atoms with Crippen LogP contribution in [0, 0.1) is 0 Å². The quantitative estimate of drug-likeness (QED) is 0.866. The van der Waals surface area contributed by atoms with Gasteiger partial charge in [0.05, 0.1) is 11.6 Å². The third-order valence-electron chi connectivity index (χ3n) is 3.26. The van der Waals surface area contributed by atoms with Crippen LogP contribution in [0.4, 0.5) is 5.69 Å². The van der Waals surface area contributed by atoms with Crippen LogP contribution in [0.3, 0.4) is 0 Å². The van der Waals surface area contributed by atoms with Gasteiger partial charge < -0.3 is 10.6 Å². The van der Waals surface area contributed by atoms with Gasteiger partial charge in [0.2, 0.25) is 0 Å². The maximum absolute atomic E-state index is 12.4. The predicted molar refractivity (Wildman–Crippen MR) is 87.9 cm³/mol. The highest BCUT2D eigenvalue weighted by molar-refractivity contribution is 6.30. The zero-order valence-corrected chi connectivity index (χ0v) is 12.9. The smallest absolute Gasteiger partial charge is 0.253 e. The van der Waals surface area contributed by atoms with Crippen molar-refractivity contribution in [3.8, 4) is 0 Å². The first-order valence-corrected chi connectivity index (χ1v) is 7.39. The molecule has 2 rings (SSSR count). The molecule has 0 saturated heterocycles. The Labute approximate surface area is 130 Å². The van der Waals surface area contributed by atoms with E-state index in [0.29, 0.717) is 10.6 Å². The van der Waals surface area contributed by atoms with Crippen LogP contribution in [0.15, 0.2) is 48.5 Å². The average molecular weight is 303 g/mol. The highest BCUT2D eigenvalue weighted by Gasteiger charge is 2.14. The van der Waals surface area contributed by atoms with Gasteiger partial charge in [0.25, 0.3) is 5.91 Å². The number of para-hydroxylation sites is 1. The van der Waals surface area contributed by atoms with E-state index < -0.39 is 0 Å². The van der Waals surface area contributed by atoms with Crippen molar-refractivity contribution >= 4 is 23.2 Å². The number of hydrogen-bond donors (Lipinski definition) is 2. The van der Waals surface area contributed by atoms with Crippen molar-refractivity contribution < 1.29 is 4.79 Å². The number of anilines is 1. The molecule has 0 aliphatic rings. The Balaban J connectivity index is 2.12. The summed E-state index contributed by atoms with van der Waals surface area (Å²) in [5, 5.41) is 6.90. The minimum absolute atomic E-state index is 0.0792. The van der Waals surface area contributed by atoms with Crippen molar-refractivity contribution in [3.63, 3.8) is 0 Å². The van der Waals surface area contributed by atoms with Gasteiger partial charge in [0, 0.05) is 17.3 Å². The van der Waals surface area contributed by atoms with Crippen LogP contribution in [0.2, 0.25) is 5.02 Å². The Morgan fingerprint density at radius 1 is 1.14 bits per heavy atom. The fraction of sp³-hybridized carbons (Fsp3) is 0.235. The number of amides is 1. The Kier molecular flexibility index (Phi) is 5.23. The molecule has 0 saturated carbocycles. The second kappa shape index (κ2) is 7.14. The van der Waals surface area contributed by atoms with E-state index in [4.69, 9.17) is 11.6 Å². The highest BCUT2D eigenvalue weighted by Crippen LogP contribution is 2.19. The average Bonchev–Trinajstić information content (AvgIpc) is 2.48. The molecule has 2 N–H and O–H groups in total. The van der Waals surface area contributed by atoms with Crippen LogP contribution >= 0.6 is 11.6 Å². The lowest BCUT2D eigenvalue weighted by Gasteiger charge is -2.16. The fourth-order valence-electron chi connectivity index (χ4n) is 2.13. The van der Waals surface area contributed by atoms with Gasteiger partial charge in [-0.25, -0.2) is 0 Å². The molecule has 0 unspecified atom stereocenters. The molecule has 3 nitrogen and oxygen atoms in total. The van der Waals surface area contributed by atoms with Crippen LogP contribution in [-0.2, 0) is 0 Å². The molecule has 110 valence electrons. The molecule has 0 spiro atoms. The van der Waals surface area contributed by atoms with Crippen molar-refractivity contribution in [2.45, 2.75) is 19.9 Å². The fourth-order valence-corrected chi connectivity index (χ4v) is 2.26. The van der Waals surface area contributed by atoms with Crippen LogP contribution in [0.5, 0.6) is 0 Å². The number of carbonyl (C=O) groups excluding carboxylic acids is 1. The molecule has 0 aliphatic carbocycles. The van der Waals surface area contributed by atoms with Crippen molar-refractivity contribution in [1.29, 1.82) is 0 Å². The van der Waals surface area contributed by atoms with Crippen LogP contribution in [-0.4, -0.2) is 12.5 Å². The van der Waals surface area contributed by atoms with E-state index in [2.05, 4.69) is 10.6 Å². The Morgan fingerprint density at radius 2 is 1.81 bits per heavy atom. The molecule has 0 bridgehead atoms.